The van der Waals surface area contributed by atoms with Crippen molar-refractivity contribution in [1.82, 2.24) is 5.32 Å². The lowest BCUT2D eigenvalue weighted by molar-refractivity contribution is 0.0451. The molecule has 2 rings (SSSR count). The Bertz CT molecular complexity index is 89.2. The molecule has 0 radical (unpaired) electrons. The second-order valence-electron chi connectivity index (χ2n) is 2.58. The molecule has 52 valence electrons. The molecule has 0 aromatic heterocycles. The molecule has 0 spiro atoms. The molecule has 2 saturated heterocycles. The van der Waals surface area contributed by atoms with Gasteiger partial charge in [0, 0.05) is 18.3 Å². The third-order valence-electron chi connectivity index (χ3n) is 1.74. The lowest BCUT2D eigenvalue weighted by Gasteiger charge is -2.34. The first-order valence-electron chi connectivity index (χ1n) is 3.39. The molecule has 0 amide bonds. The monoisotopic (exact) mass is 145 g/mol. The quantitative estimate of drug-likeness (QED) is 0.595. The van der Waals surface area contributed by atoms with Gasteiger partial charge in [-0.2, -0.15) is 0 Å². The van der Waals surface area contributed by atoms with Crippen molar-refractivity contribution in [2.75, 3.05) is 26.3 Å². The Hall–Kier alpha value is 0.270. The van der Waals surface area contributed by atoms with E-state index in [2.05, 4.69) is 17.1 Å². The maximum Gasteiger partial charge on any atom is 0.0608 e. The van der Waals surface area contributed by atoms with Gasteiger partial charge in [-0.3, -0.25) is 0 Å². The zero-order valence-electron chi connectivity index (χ0n) is 5.30. The Morgan fingerprint density at radius 2 is 2.00 bits per heavy atom. The largest absolute Gasteiger partial charge is 0.379 e. The number of nitrogens with one attached hydrogen (secondary N) is 1. The fraction of sp³-hybridized carbons (Fsp3) is 1.00. The average molecular weight is 145 g/mol. The number of rotatable bonds is 2. The molecule has 2 aliphatic heterocycles. The first-order valence-corrected chi connectivity index (χ1v) is 4.33. The molecule has 2 nitrogen and oxygen atoms in total. The average Bonchev–Trinajstić information content (AvgIpc) is 1.57. The Morgan fingerprint density at radius 3 is 2.33 bits per heavy atom. The molecule has 0 aromatic rings. The molecule has 0 aromatic carbocycles. The van der Waals surface area contributed by atoms with Crippen LogP contribution >= 0.6 is 11.8 Å². The summed E-state index contributed by atoms with van der Waals surface area (Å²) < 4.78 is 5.06. The van der Waals surface area contributed by atoms with Crippen LogP contribution in [0.4, 0.5) is 0 Å². The molecule has 2 heterocycles. The summed E-state index contributed by atoms with van der Waals surface area (Å²) in [5.41, 5.74) is 0. The smallest absolute Gasteiger partial charge is 0.0608 e. The minimum absolute atomic E-state index is 0.817. The molecule has 3 heteroatoms. The Morgan fingerprint density at radius 1 is 1.22 bits per heavy atom. The predicted molar refractivity (Wildman–Crippen MR) is 38.9 cm³/mol. The lowest BCUT2D eigenvalue weighted by Crippen LogP contribution is -2.47. The fourth-order valence-corrected chi connectivity index (χ4v) is 2.25. The van der Waals surface area contributed by atoms with E-state index in [9.17, 15) is 0 Å². The zero-order chi connectivity index (χ0) is 6.10. The van der Waals surface area contributed by atoms with Crippen LogP contribution in [-0.2, 0) is 4.74 Å². The number of hydrogen-bond acceptors (Lipinski definition) is 3. The SMILES string of the molecule is C1NCC1SC1COC1. The van der Waals surface area contributed by atoms with Crippen molar-refractivity contribution >= 4 is 11.8 Å². The van der Waals surface area contributed by atoms with Gasteiger partial charge in [-0.15, -0.1) is 11.8 Å². The molecule has 2 fully saturated rings. The van der Waals surface area contributed by atoms with Gasteiger partial charge >= 0.3 is 0 Å². The number of ether oxygens (including phenoxy) is 1. The van der Waals surface area contributed by atoms with Crippen molar-refractivity contribution in [3.05, 3.63) is 0 Å². The van der Waals surface area contributed by atoms with Crippen molar-refractivity contribution in [3.63, 3.8) is 0 Å². The molecule has 0 bridgehead atoms. The van der Waals surface area contributed by atoms with Gasteiger partial charge in [0.05, 0.1) is 18.5 Å². The summed E-state index contributed by atoms with van der Waals surface area (Å²) in [7, 11) is 0. The highest BCUT2D eigenvalue weighted by Gasteiger charge is 2.26. The van der Waals surface area contributed by atoms with Crippen LogP contribution in [0.3, 0.4) is 0 Å². The fourth-order valence-electron chi connectivity index (χ4n) is 0.923. The third kappa shape index (κ3) is 1.23. The van der Waals surface area contributed by atoms with E-state index in [-0.39, 0.29) is 0 Å². The van der Waals surface area contributed by atoms with Gasteiger partial charge in [0.1, 0.15) is 0 Å². The van der Waals surface area contributed by atoms with Crippen LogP contribution in [0, 0.1) is 0 Å². The minimum Gasteiger partial charge on any atom is -0.379 e. The number of thioether (sulfide) groups is 1. The van der Waals surface area contributed by atoms with E-state index in [4.69, 9.17) is 4.74 Å². The van der Waals surface area contributed by atoms with Crippen LogP contribution in [0.15, 0.2) is 0 Å². The second-order valence-corrected chi connectivity index (χ2v) is 4.18. The van der Waals surface area contributed by atoms with Crippen LogP contribution in [0.25, 0.3) is 0 Å². The summed E-state index contributed by atoms with van der Waals surface area (Å²) in [5, 5.41) is 4.96. The van der Waals surface area contributed by atoms with Gasteiger partial charge in [0.15, 0.2) is 0 Å². The molecule has 0 saturated carbocycles. The van der Waals surface area contributed by atoms with E-state index in [0.29, 0.717) is 0 Å². The third-order valence-corrected chi connectivity index (χ3v) is 3.11. The molecule has 0 aliphatic carbocycles. The summed E-state index contributed by atoms with van der Waals surface area (Å²) in [4.78, 5) is 0. The lowest BCUT2D eigenvalue weighted by atomic mass is 10.3. The Kier molecular flexibility index (Phi) is 1.66. The van der Waals surface area contributed by atoms with Crippen LogP contribution in [0.1, 0.15) is 0 Å². The predicted octanol–water partition coefficient (Wildman–Crippen LogP) is 0.0902. The van der Waals surface area contributed by atoms with Crippen molar-refractivity contribution in [3.8, 4) is 0 Å². The normalized spacial score (nSPS) is 29.3. The summed E-state index contributed by atoms with van der Waals surface area (Å²) in [6.07, 6.45) is 0. The molecule has 0 atom stereocenters. The highest BCUT2D eigenvalue weighted by atomic mass is 32.2. The van der Waals surface area contributed by atoms with Gasteiger partial charge in [-0.25, -0.2) is 0 Å². The van der Waals surface area contributed by atoms with Gasteiger partial charge in [0.25, 0.3) is 0 Å². The van der Waals surface area contributed by atoms with Crippen LogP contribution < -0.4 is 5.32 Å². The van der Waals surface area contributed by atoms with E-state index in [1.54, 1.807) is 0 Å². The van der Waals surface area contributed by atoms with Gasteiger partial charge < -0.3 is 10.1 Å². The van der Waals surface area contributed by atoms with Gasteiger partial charge in [-0.1, -0.05) is 0 Å². The maximum atomic E-state index is 5.06. The topological polar surface area (TPSA) is 21.3 Å². The highest BCUT2D eigenvalue weighted by Crippen LogP contribution is 2.25. The summed E-state index contributed by atoms with van der Waals surface area (Å²) in [6, 6.07) is 0. The highest BCUT2D eigenvalue weighted by molar-refractivity contribution is 8.00. The first kappa shape index (κ1) is 6.01. The first-order chi connectivity index (χ1) is 4.45. The van der Waals surface area contributed by atoms with Crippen LogP contribution in [0.5, 0.6) is 0 Å². The molecule has 1 N–H and O–H groups in total. The maximum absolute atomic E-state index is 5.06. The minimum atomic E-state index is 0.817. The van der Waals surface area contributed by atoms with E-state index >= 15 is 0 Å². The molecule has 9 heavy (non-hydrogen) atoms. The summed E-state index contributed by atoms with van der Waals surface area (Å²) >= 11 is 2.09. The zero-order valence-corrected chi connectivity index (χ0v) is 6.12. The number of hydrogen-bond donors (Lipinski definition) is 1. The molecular formula is C6H11NOS. The van der Waals surface area contributed by atoms with E-state index in [1.165, 1.54) is 13.1 Å². The standard InChI is InChI=1S/C6H11NOS/c1-5(2-7-1)9-6-3-8-4-6/h5-7H,1-4H2. The Balaban J connectivity index is 1.64. The van der Waals surface area contributed by atoms with Crippen molar-refractivity contribution in [2.24, 2.45) is 0 Å². The van der Waals surface area contributed by atoms with E-state index < -0.39 is 0 Å². The van der Waals surface area contributed by atoms with Crippen molar-refractivity contribution in [2.45, 2.75) is 10.5 Å². The molecule has 2 aliphatic rings. The van der Waals surface area contributed by atoms with Gasteiger partial charge in [-0.05, 0) is 0 Å². The second kappa shape index (κ2) is 2.48. The molecule has 0 unspecified atom stereocenters. The van der Waals surface area contributed by atoms with Crippen molar-refractivity contribution < 1.29 is 4.74 Å². The van der Waals surface area contributed by atoms with Crippen LogP contribution in [0.2, 0.25) is 0 Å². The van der Waals surface area contributed by atoms with Crippen molar-refractivity contribution in [1.29, 1.82) is 0 Å². The van der Waals surface area contributed by atoms with Crippen LogP contribution in [-0.4, -0.2) is 36.8 Å². The molecular weight excluding hydrogens is 134 g/mol. The van der Waals surface area contributed by atoms with Gasteiger partial charge in [0.2, 0.25) is 0 Å². The van der Waals surface area contributed by atoms with E-state index in [0.717, 1.165) is 23.7 Å². The summed E-state index contributed by atoms with van der Waals surface area (Å²) in [6.45, 7) is 4.39. The van der Waals surface area contributed by atoms with E-state index in [1.807, 2.05) is 0 Å². The Labute approximate surface area is 59.3 Å². The summed E-state index contributed by atoms with van der Waals surface area (Å²) in [5.74, 6) is 0.